The van der Waals surface area contributed by atoms with E-state index in [2.05, 4.69) is 26.2 Å². The Morgan fingerprint density at radius 2 is 1.87 bits per heavy atom. The molecule has 4 rings (SSSR count). The number of tetrazole rings is 1. The Labute approximate surface area is 173 Å². The highest BCUT2D eigenvalue weighted by Gasteiger charge is 2.34. The SMILES string of the molecule is COc1ccc(NC(=O)C2=C(C)Nc3nnnn3[C@@H]2c2ccc(C)cc2)c(OC)c1. The number of ether oxygens (including phenoxy) is 2. The molecule has 9 nitrogen and oxygen atoms in total. The second-order valence-corrected chi connectivity index (χ2v) is 6.94. The molecule has 1 aliphatic heterocycles. The summed E-state index contributed by atoms with van der Waals surface area (Å²) in [6, 6.07) is 12.7. The van der Waals surface area contributed by atoms with Crippen LogP contribution in [0.25, 0.3) is 0 Å². The predicted molar refractivity (Wildman–Crippen MR) is 112 cm³/mol. The summed E-state index contributed by atoms with van der Waals surface area (Å²) >= 11 is 0. The second kappa shape index (κ2) is 7.86. The van der Waals surface area contributed by atoms with Crippen LogP contribution >= 0.6 is 0 Å². The molecule has 154 valence electrons. The molecule has 0 aliphatic carbocycles. The highest BCUT2D eigenvalue weighted by molar-refractivity contribution is 6.06. The van der Waals surface area contributed by atoms with Gasteiger partial charge in [0.15, 0.2) is 0 Å². The van der Waals surface area contributed by atoms with Crippen molar-refractivity contribution in [3.8, 4) is 11.5 Å². The van der Waals surface area contributed by atoms with Crippen LogP contribution in [0.1, 0.15) is 24.1 Å². The quantitative estimate of drug-likeness (QED) is 0.671. The zero-order valence-corrected chi connectivity index (χ0v) is 17.1. The van der Waals surface area contributed by atoms with E-state index in [1.54, 1.807) is 37.1 Å². The summed E-state index contributed by atoms with van der Waals surface area (Å²) in [5.41, 5.74) is 3.75. The zero-order chi connectivity index (χ0) is 21.3. The van der Waals surface area contributed by atoms with Crippen LogP contribution < -0.4 is 20.1 Å². The number of aryl methyl sites for hydroxylation is 1. The molecule has 3 aromatic rings. The first-order valence-electron chi connectivity index (χ1n) is 9.37. The molecule has 2 aromatic carbocycles. The van der Waals surface area contributed by atoms with Crippen LogP contribution in [0.4, 0.5) is 11.6 Å². The molecule has 0 bridgehead atoms. The number of benzene rings is 2. The van der Waals surface area contributed by atoms with E-state index >= 15 is 0 Å². The number of hydrogen-bond donors (Lipinski definition) is 2. The predicted octanol–water partition coefficient (Wildman–Crippen LogP) is 2.93. The van der Waals surface area contributed by atoms with Gasteiger partial charge in [0.1, 0.15) is 17.5 Å². The standard InChI is InChI=1S/C21H22N6O3/c1-12-5-7-14(8-6-12)19-18(13(2)22-21-24-25-26-27(19)21)20(28)23-16-10-9-15(29-3)11-17(16)30-4/h5-11,19H,1-4H3,(H,23,28)(H,22,24,26)/t19-/m1/s1. The number of anilines is 2. The zero-order valence-electron chi connectivity index (χ0n) is 17.1. The summed E-state index contributed by atoms with van der Waals surface area (Å²) < 4.78 is 12.2. The summed E-state index contributed by atoms with van der Waals surface area (Å²) in [6.07, 6.45) is 0. The Morgan fingerprint density at radius 1 is 1.10 bits per heavy atom. The average Bonchev–Trinajstić information content (AvgIpc) is 3.21. The lowest BCUT2D eigenvalue weighted by molar-refractivity contribution is -0.113. The monoisotopic (exact) mass is 406 g/mol. The smallest absolute Gasteiger partial charge is 0.255 e. The molecule has 0 fully saturated rings. The van der Waals surface area contributed by atoms with E-state index in [0.717, 1.165) is 11.1 Å². The minimum atomic E-state index is -0.471. The van der Waals surface area contributed by atoms with Gasteiger partial charge >= 0.3 is 0 Å². The third-order valence-corrected chi connectivity index (χ3v) is 5.01. The largest absolute Gasteiger partial charge is 0.497 e. The molecule has 0 spiro atoms. The number of fused-ring (bicyclic) bond motifs is 1. The second-order valence-electron chi connectivity index (χ2n) is 6.94. The van der Waals surface area contributed by atoms with Gasteiger partial charge in [0, 0.05) is 11.8 Å². The summed E-state index contributed by atoms with van der Waals surface area (Å²) in [5, 5.41) is 17.9. The lowest BCUT2D eigenvalue weighted by Crippen LogP contribution is -2.31. The highest BCUT2D eigenvalue weighted by Crippen LogP contribution is 2.36. The fraction of sp³-hybridized carbons (Fsp3) is 0.238. The molecule has 0 unspecified atom stereocenters. The Morgan fingerprint density at radius 3 is 2.57 bits per heavy atom. The van der Waals surface area contributed by atoms with Crippen molar-refractivity contribution in [1.82, 2.24) is 20.2 Å². The van der Waals surface area contributed by atoms with E-state index in [1.165, 1.54) is 0 Å². The Balaban J connectivity index is 1.74. The minimum Gasteiger partial charge on any atom is -0.497 e. The molecular formula is C21H22N6O3. The maximum atomic E-state index is 13.4. The van der Waals surface area contributed by atoms with Crippen molar-refractivity contribution in [3.05, 3.63) is 64.9 Å². The van der Waals surface area contributed by atoms with E-state index in [-0.39, 0.29) is 5.91 Å². The van der Waals surface area contributed by atoms with Crippen LogP contribution in [-0.4, -0.2) is 40.3 Å². The van der Waals surface area contributed by atoms with Gasteiger partial charge in [-0.05, 0) is 42.0 Å². The van der Waals surface area contributed by atoms with Crippen molar-refractivity contribution in [2.24, 2.45) is 0 Å². The maximum Gasteiger partial charge on any atom is 0.255 e. The summed E-state index contributed by atoms with van der Waals surface area (Å²) in [6.45, 7) is 3.85. The Kier molecular flexibility index (Phi) is 5.09. The number of methoxy groups -OCH3 is 2. The van der Waals surface area contributed by atoms with Crippen molar-refractivity contribution in [2.45, 2.75) is 19.9 Å². The number of hydrogen-bond acceptors (Lipinski definition) is 7. The first-order valence-corrected chi connectivity index (χ1v) is 9.37. The third kappa shape index (κ3) is 3.45. The number of amides is 1. The molecule has 1 atom stereocenters. The number of rotatable bonds is 5. The molecule has 2 N–H and O–H groups in total. The van der Waals surface area contributed by atoms with Gasteiger partial charge in [-0.2, -0.15) is 4.68 Å². The summed E-state index contributed by atoms with van der Waals surface area (Å²) in [5.74, 6) is 1.34. The van der Waals surface area contributed by atoms with Gasteiger partial charge in [-0.3, -0.25) is 4.79 Å². The van der Waals surface area contributed by atoms with Gasteiger partial charge in [0.2, 0.25) is 5.95 Å². The lowest BCUT2D eigenvalue weighted by Gasteiger charge is -2.28. The van der Waals surface area contributed by atoms with Gasteiger partial charge in [0.05, 0.1) is 25.5 Å². The summed E-state index contributed by atoms with van der Waals surface area (Å²) in [4.78, 5) is 13.4. The van der Waals surface area contributed by atoms with Crippen molar-refractivity contribution < 1.29 is 14.3 Å². The van der Waals surface area contributed by atoms with Gasteiger partial charge in [-0.25, -0.2) is 0 Å². The fourth-order valence-electron chi connectivity index (χ4n) is 3.45. The average molecular weight is 406 g/mol. The molecule has 30 heavy (non-hydrogen) atoms. The fourth-order valence-corrected chi connectivity index (χ4v) is 3.45. The van der Waals surface area contributed by atoms with Gasteiger partial charge in [-0.15, -0.1) is 0 Å². The molecule has 1 amide bonds. The van der Waals surface area contributed by atoms with Crippen LogP contribution in [0.5, 0.6) is 11.5 Å². The summed E-state index contributed by atoms with van der Waals surface area (Å²) in [7, 11) is 3.12. The molecular weight excluding hydrogens is 384 g/mol. The number of carbonyl (C=O) groups excluding carboxylic acids is 1. The molecule has 0 saturated heterocycles. The number of nitrogens with one attached hydrogen (secondary N) is 2. The minimum absolute atomic E-state index is 0.282. The first-order chi connectivity index (χ1) is 14.5. The molecule has 2 heterocycles. The molecule has 9 heteroatoms. The van der Waals surface area contributed by atoms with Gasteiger partial charge in [0.25, 0.3) is 5.91 Å². The van der Waals surface area contributed by atoms with Crippen LogP contribution in [0, 0.1) is 6.92 Å². The number of allylic oxidation sites excluding steroid dienone is 1. The lowest BCUT2D eigenvalue weighted by atomic mass is 9.94. The first kappa shape index (κ1) is 19.4. The topological polar surface area (TPSA) is 103 Å². The van der Waals surface area contributed by atoms with Gasteiger partial charge in [-0.1, -0.05) is 34.9 Å². The normalized spacial score (nSPS) is 15.3. The van der Waals surface area contributed by atoms with Gasteiger partial charge < -0.3 is 20.1 Å². The number of aromatic nitrogens is 4. The van der Waals surface area contributed by atoms with Crippen molar-refractivity contribution in [3.63, 3.8) is 0 Å². The van der Waals surface area contributed by atoms with Crippen LogP contribution in [-0.2, 0) is 4.79 Å². The van der Waals surface area contributed by atoms with E-state index in [1.807, 2.05) is 38.1 Å². The number of nitrogens with zero attached hydrogens (tertiary/aromatic N) is 4. The molecule has 0 radical (unpaired) electrons. The highest BCUT2D eigenvalue weighted by atomic mass is 16.5. The van der Waals surface area contributed by atoms with Crippen LogP contribution in [0.3, 0.4) is 0 Å². The van der Waals surface area contributed by atoms with Crippen molar-refractivity contribution in [2.75, 3.05) is 24.9 Å². The van der Waals surface area contributed by atoms with Crippen LogP contribution in [0.15, 0.2) is 53.7 Å². The van der Waals surface area contributed by atoms with Crippen molar-refractivity contribution in [1.29, 1.82) is 0 Å². The van der Waals surface area contributed by atoms with E-state index in [4.69, 9.17) is 9.47 Å². The molecule has 0 saturated carbocycles. The molecule has 1 aliphatic rings. The van der Waals surface area contributed by atoms with Crippen molar-refractivity contribution >= 4 is 17.5 Å². The van der Waals surface area contributed by atoms with Crippen LogP contribution in [0.2, 0.25) is 0 Å². The van der Waals surface area contributed by atoms with E-state index < -0.39 is 6.04 Å². The Bertz CT molecular complexity index is 1120. The van der Waals surface area contributed by atoms with E-state index in [9.17, 15) is 4.79 Å². The van der Waals surface area contributed by atoms with E-state index in [0.29, 0.717) is 34.4 Å². The maximum absolute atomic E-state index is 13.4. The Hall–Kier alpha value is -3.88. The number of carbonyl (C=O) groups is 1. The third-order valence-electron chi connectivity index (χ3n) is 5.01. The molecule has 1 aromatic heterocycles.